The predicted molar refractivity (Wildman–Crippen MR) is 115 cm³/mol. The number of hydrogen-bond donors (Lipinski definition) is 1. The van der Waals surface area contributed by atoms with Gasteiger partial charge in [-0.05, 0) is 46.2 Å². The maximum absolute atomic E-state index is 8.26. The molecule has 0 aliphatic heterocycles. The molecule has 5 heteroatoms. The fourth-order valence-electron chi connectivity index (χ4n) is 2.59. The van der Waals surface area contributed by atoms with Crippen molar-refractivity contribution >= 4 is 40.5 Å². The van der Waals surface area contributed by atoms with E-state index in [9.17, 15) is 0 Å². The van der Waals surface area contributed by atoms with Crippen LogP contribution in [0.3, 0.4) is 0 Å². The Kier molecular flexibility index (Phi) is 8.38. The summed E-state index contributed by atoms with van der Waals surface area (Å²) in [6.45, 7) is 13.3. The van der Waals surface area contributed by atoms with E-state index in [1.807, 2.05) is 4.90 Å². The quantitative estimate of drug-likeness (QED) is 0.308. The molecular weight excluding hydrogens is 442 g/mol. The number of hydrogen-bond acceptors (Lipinski definition) is 2. The summed E-state index contributed by atoms with van der Waals surface area (Å²) in [6, 6.07) is 17.1. The number of nitrogens with zero attached hydrogens (tertiary/aromatic N) is 1. The van der Waals surface area contributed by atoms with E-state index in [4.69, 9.17) is 15.6 Å². The molecule has 0 heterocycles. The van der Waals surface area contributed by atoms with E-state index in [0.717, 1.165) is 11.4 Å². The van der Waals surface area contributed by atoms with Crippen molar-refractivity contribution in [2.75, 3.05) is 4.90 Å². The molecule has 0 spiro atoms. The van der Waals surface area contributed by atoms with Gasteiger partial charge in [0.1, 0.15) is 4.32 Å². The molecule has 2 aromatic carbocycles. The fourth-order valence-corrected chi connectivity index (χ4v) is 3.03. The van der Waals surface area contributed by atoms with Gasteiger partial charge in [0, 0.05) is 11.4 Å². The number of benzene rings is 2. The third kappa shape index (κ3) is 6.11. The number of rotatable bonds is 2. The molecule has 0 fully saturated rings. The van der Waals surface area contributed by atoms with Gasteiger partial charge in [-0.1, -0.05) is 78.0 Å². The third-order valence-corrected chi connectivity index (χ3v) is 4.56. The average Bonchev–Trinajstić information content (AvgIpc) is 2.56. The predicted octanol–water partition coefficient (Wildman–Crippen LogP) is 6.51. The number of thiol groups is 1. The van der Waals surface area contributed by atoms with Crippen LogP contribution in [-0.2, 0) is 34.0 Å². The molecule has 0 unspecified atom stereocenters. The Labute approximate surface area is 180 Å². The van der Waals surface area contributed by atoms with Crippen molar-refractivity contribution in [1.82, 2.24) is 0 Å². The van der Waals surface area contributed by atoms with Crippen LogP contribution in [0.25, 0.3) is 0 Å². The fraction of sp³-hybridized carbons (Fsp3) is 0.381. The molecule has 2 nitrogen and oxygen atoms in total. The van der Waals surface area contributed by atoms with Crippen LogP contribution in [0.15, 0.2) is 48.5 Å². The molecule has 0 saturated heterocycles. The second kappa shape index (κ2) is 9.39. The van der Waals surface area contributed by atoms with Crippen molar-refractivity contribution in [3.05, 3.63) is 59.7 Å². The van der Waals surface area contributed by atoms with Gasteiger partial charge in [-0.15, -0.1) is 12.6 Å². The summed E-state index contributed by atoms with van der Waals surface area (Å²) in [6.07, 6.45) is 0. The van der Waals surface area contributed by atoms with Gasteiger partial charge in [0.15, 0.2) is 0 Å². The molecular formula is C21H27MoNOS2. The maximum atomic E-state index is 8.26. The van der Waals surface area contributed by atoms with Crippen LogP contribution in [0, 0.1) is 0 Å². The molecule has 0 saturated carbocycles. The van der Waals surface area contributed by atoms with E-state index in [0.29, 0.717) is 24.1 Å². The van der Waals surface area contributed by atoms with Gasteiger partial charge in [0.05, 0.1) is 0 Å². The third-order valence-electron chi connectivity index (χ3n) is 4.17. The summed E-state index contributed by atoms with van der Waals surface area (Å²) < 4.78 is 8.80. The first kappa shape index (κ1) is 23.2. The summed E-state index contributed by atoms with van der Waals surface area (Å²) in [7, 11) is 0. The Bertz CT molecular complexity index is 671. The monoisotopic (exact) mass is 471 g/mol. The molecule has 0 atom stereocenters. The normalized spacial score (nSPS) is 11.3. The van der Waals surface area contributed by atoms with Crippen LogP contribution in [0.4, 0.5) is 11.4 Å². The molecule has 140 valence electrons. The van der Waals surface area contributed by atoms with Crippen LogP contribution in [0.1, 0.15) is 52.7 Å². The minimum atomic E-state index is 0.138. The zero-order valence-corrected chi connectivity index (χ0v) is 20.0. The second-order valence-corrected chi connectivity index (χ2v) is 9.32. The Morgan fingerprint density at radius 2 is 1.04 bits per heavy atom. The van der Waals surface area contributed by atoms with Crippen LogP contribution < -0.4 is 4.90 Å². The van der Waals surface area contributed by atoms with Gasteiger partial charge in [-0.25, -0.2) is 0 Å². The van der Waals surface area contributed by atoms with Crippen molar-refractivity contribution in [3.63, 3.8) is 0 Å². The summed E-state index contributed by atoms with van der Waals surface area (Å²) in [5.74, 6) is 0. The summed E-state index contributed by atoms with van der Waals surface area (Å²) in [5, 5.41) is 0. The van der Waals surface area contributed by atoms with Crippen molar-refractivity contribution in [2.45, 2.75) is 52.4 Å². The Hall–Kier alpha value is -0.832. The first-order valence-corrected chi connectivity index (χ1v) is 10.1. The van der Waals surface area contributed by atoms with Crippen LogP contribution in [-0.4, -0.2) is 4.32 Å². The van der Waals surface area contributed by atoms with Gasteiger partial charge in [0.25, 0.3) is 0 Å². The second-order valence-electron chi connectivity index (χ2n) is 8.21. The van der Waals surface area contributed by atoms with Crippen LogP contribution in [0.2, 0.25) is 0 Å². The van der Waals surface area contributed by atoms with Gasteiger partial charge >= 0.3 is 23.2 Å². The molecule has 0 radical (unpaired) electrons. The zero-order chi connectivity index (χ0) is 20.1. The molecule has 2 aromatic rings. The Morgan fingerprint density at radius 3 is 1.23 bits per heavy atom. The van der Waals surface area contributed by atoms with E-state index >= 15 is 0 Å². The minimum absolute atomic E-state index is 0.138. The van der Waals surface area contributed by atoms with Crippen molar-refractivity contribution in [1.29, 1.82) is 0 Å². The number of thiocarbonyl (C=S) groups is 1. The van der Waals surface area contributed by atoms with Gasteiger partial charge in [-0.3, -0.25) is 4.90 Å². The molecule has 0 aromatic heterocycles. The standard InChI is InChI=1S/C21H27NS2.Mo.O/c1-20(2,3)15-7-11-17(12-8-15)22(19(23)24)18-13-9-16(10-14-18)21(4,5)6;;/h7-14H,1-6H3,(H,23,24);;. The van der Waals surface area contributed by atoms with Gasteiger partial charge < -0.3 is 0 Å². The van der Waals surface area contributed by atoms with Crippen LogP contribution >= 0.6 is 24.8 Å². The SMILES string of the molecule is CC(C)(C)c1ccc(N(C(=S)S)c2ccc(C(C)(C)C)cc2)cc1.[O]=[Mo]. The van der Waals surface area contributed by atoms with E-state index < -0.39 is 0 Å². The first-order chi connectivity index (χ1) is 12.0. The topological polar surface area (TPSA) is 20.3 Å². The molecule has 0 aliphatic rings. The Balaban J connectivity index is 0.00000163. The molecule has 0 amide bonds. The van der Waals surface area contributed by atoms with Crippen molar-refractivity contribution in [2.24, 2.45) is 0 Å². The molecule has 2 rings (SSSR count). The summed E-state index contributed by atoms with van der Waals surface area (Å²) >= 11 is 10.5. The average molecular weight is 470 g/mol. The first-order valence-electron chi connectivity index (χ1n) is 8.41. The van der Waals surface area contributed by atoms with Gasteiger partial charge in [0.2, 0.25) is 0 Å². The zero-order valence-electron chi connectivity index (χ0n) is 16.2. The molecule has 26 heavy (non-hydrogen) atoms. The molecule has 0 N–H and O–H groups in total. The van der Waals surface area contributed by atoms with E-state index in [1.165, 1.54) is 11.1 Å². The summed E-state index contributed by atoms with van der Waals surface area (Å²) in [5.41, 5.74) is 4.95. The van der Waals surface area contributed by atoms with E-state index in [-0.39, 0.29) is 10.8 Å². The Morgan fingerprint density at radius 1 is 0.769 bits per heavy atom. The molecule has 0 aliphatic carbocycles. The van der Waals surface area contributed by atoms with Gasteiger partial charge in [-0.2, -0.15) is 0 Å². The van der Waals surface area contributed by atoms with E-state index in [1.54, 1.807) is 0 Å². The van der Waals surface area contributed by atoms with E-state index in [2.05, 4.69) is 103 Å². The number of anilines is 2. The van der Waals surface area contributed by atoms with Crippen molar-refractivity contribution < 1.29 is 23.2 Å². The van der Waals surface area contributed by atoms with Crippen molar-refractivity contribution in [3.8, 4) is 0 Å². The van der Waals surface area contributed by atoms with Crippen LogP contribution in [0.5, 0.6) is 0 Å². The molecule has 0 bridgehead atoms. The summed E-state index contributed by atoms with van der Waals surface area (Å²) in [4.78, 5) is 2.00.